The van der Waals surface area contributed by atoms with E-state index in [0.29, 0.717) is 39.2 Å². The van der Waals surface area contributed by atoms with Crippen molar-refractivity contribution < 1.29 is 23.9 Å². The summed E-state index contributed by atoms with van der Waals surface area (Å²) in [5.41, 5.74) is 1.59. The Balaban J connectivity index is 1.26. The van der Waals surface area contributed by atoms with Gasteiger partial charge in [-0.2, -0.15) is 0 Å². The van der Waals surface area contributed by atoms with Gasteiger partial charge in [0.2, 0.25) is 0 Å². The number of carbonyl (C=O) groups is 3. The molecule has 7 nitrogen and oxygen atoms in total. The molecule has 0 bridgehead atoms. The molecule has 4 aromatic carbocycles. The minimum Gasteiger partial charge on any atom is -0.482 e. The molecular formula is C28H19ClN2O5. The molecule has 0 spiro atoms. The van der Waals surface area contributed by atoms with E-state index in [2.05, 4.69) is 5.32 Å². The molecule has 8 heteroatoms. The number of benzene rings is 4. The quantitative estimate of drug-likeness (QED) is 0.318. The number of halogens is 1. The van der Waals surface area contributed by atoms with Gasteiger partial charge in [0.15, 0.2) is 6.61 Å². The zero-order valence-corrected chi connectivity index (χ0v) is 19.6. The number of hydrogen-bond donors (Lipinski definition) is 1. The SMILES string of the molecule is O=C(COc1ccccc1Cl)Nc1cccc(Oc2ccc3c(c2)C(=O)N(c2ccccc2)C3=O)c1. The maximum absolute atomic E-state index is 13.0. The summed E-state index contributed by atoms with van der Waals surface area (Å²) in [6, 6.07) is 27.2. The van der Waals surface area contributed by atoms with Gasteiger partial charge >= 0.3 is 0 Å². The summed E-state index contributed by atoms with van der Waals surface area (Å²) < 4.78 is 11.4. The van der Waals surface area contributed by atoms with Gasteiger partial charge in [-0.05, 0) is 54.6 Å². The van der Waals surface area contributed by atoms with Gasteiger partial charge in [0.25, 0.3) is 17.7 Å². The van der Waals surface area contributed by atoms with Crippen LogP contribution in [0.3, 0.4) is 0 Å². The van der Waals surface area contributed by atoms with Crippen LogP contribution in [0.15, 0.2) is 97.1 Å². The summed E-state index contributed by atoms with van der Waals surface area (Å²) in [6.07, 6.45) is 0. The highest BCUT2D eigenvalue weighted by Gasteiger charge is 2.36. The second kappa shape index (κ2) is 9.93. The number of imide groups is 1. The van der Waals surface area contributed by atoms with Crippen molar-refractivity contribution in [3.63, 3.8) is 0 Å². The molecule has 36 heavy (non-hydrogen) atoms. The van der Waals surface area contributed by atoms with Crippen LogP contribution in [-0.4, -0.2) is 24.3 Å². The van der Waals surface area contributed by atoms with Crippen LogP contribution >= 0.6 is 11.6 Å². The number of nitrogens with one attached hydrogen (secondary N) is 1. The van der Waals surface area contributed by atoms with E-state index in [-0.39, 0.29) is 24.0 Å². The Morgan fingerprint density at radius 2 is 1.50 bits per heavy atom. The molecule has 4 aromatic rings. The van der Waals surface area contributed by atoms with Gasteiger partial charge in [0.05, 0.1) is 21.8 Å². The molecule has 1 N–H and O–H groups in total. The molecule has 1 aliphatic rings. The van der Waals surface area contributed by atoms with Crippen molar-refractivity contribution in [1.29, 1.82) is 0 Å². The topological polar surface area (TPSA) is 84.9 Å². The number of rotatable bonds is 7. The lowest BCUT2D eigenvalue weighted by molar-refractivity contribution is -0.118. The highest BCUT2D eigenvalue weighted by Crippen LogP contribution is 2.32. The van der Waals surface area contributed by atoms with Crippen molar-refractivity contribution >= 4 is 40.7 Å². The lowest BCUT2D eigenvalue weighted by Crippen LogP contribution is -2.29. The second-order valence-electron chi connectivity index (χ2n) is 7.89. The van der Waals surface area contributed by atoms with E-state index in [0.717, 1.165) is 4.90 Å². The van der Waals surface area contributed by atoms with Crippen molar-refractivity contribution in [3.05, 3.63) is 113 Å². The van der Waals surface area contributed by atoms with E-state index in [1.54, 1.807) is 91.0 Å². The van der Waals surface area contributed by atoms with E-state index in [1.165, 1.54) is 0 Å². The van der Waals surface area contributed by atoms with Crippen LogP contribution in [0.1, 0.15) is 20.7 Å². The number of hydrogen-bond acceptors (Lipinski definition) is 5. The molecular weight excluding hydrogens is 480 g/mol. The predicted octanol–water partition coefficient (Wildman–Crippen LogP) is 5.95. The monoisotopic (exact) mass is 498 g/mol. The van der Waals surface area contributed by atoms with Crippen LogP contribution in [-0.2, 0) is 4.79 Å². The average Bonchev–Trinajstić information content (AvgIpc) is 3.13. The van der Waals surface area contributed by atoms with Crippen molar-refractivity contribution in [2.24, 2.45) is 0 Å². The smallest absolute Gasteiger partial charge is 0.266 e. The molecule has 0 unspecified atom stereocenters. The number of carbonyl (C=O) groups excluding carboxylic acids is 3. The highest BCUT2D eigenvalue weighted by atomic mass is 35.5. The molecule has 0 saturated heterocycles. The van der Waals surface area contributed by atoms with Crippen molar-refractivity contribution in [1.82, 2.24) is 0 Å². The molecule has 0 fully saturated rings. The van der Waals surface area contributed by atoms with Crippen molar-refractivity contribution in [3.8, 4) is 17.2 Å². The fourth-order valence-electron chi connectivity index (χ4n) is 3.77. The Hall–Kier alpha value is -4.62. The van der Waals surface area contributed by atoms with Crippen LogP contribution in [0.5, 0.6) is 17.2 Å². The van der Waals surface area contributed by atoms with E-state index in [9.17, 15) is 14.4 Å². The van der Waals surface area contributed by atoms with Gasteiger partial charge in [0.1, 0.15) is 17.2 Å². The first-order valence-electron chi connectivity index (χ1n) is 11.0. The lowest BCUT2D eigenvalue weighted by atomic mass is 10.1. The molecule has 178 valence electrons. The molecule has 0 aromatic heterocycles. The summed E-state index contributed by atoms with van der Waals surface area (Å²) in [5, 5.41) is 3.16. The van der Waals surface area contributed by atoms with Crippen molar-refractivity contribution in [2.75, 3.05) is 16.8 Å². The van der Waals surface area contributed by atoms with Crippen LogP contribution in [0, 0.1) is 0 Å². The minimum atomic E-state index is -0.411. The minimum absolute atomic E-state index is 0.215. The second-order valence-corrected chi connectivity index (χ2v) is 8.29. The molecule has 0 aliphatic carbocycles. The third kappa shape index (κ3) is 4.78. The molecule has 1 heterocycles. The van der Waals surface area contributed by atoms with Gasteiger partial charge in [0, 0.05) is 11.8 Å². The average molecular weight is 499 g/mol. The molecule has 1 aliphatic heterocycles. The Morgan fingerprint density at radius 1 is 0.778 bits per heavy atom. The first-order valence-corrected chi connectivity index (χ1v) is 11.4. The molecule has 0 radical (unpaired) electrons. The van der Waals surface area contributed by atoms with Gasteiger partial charge in [-0.3, -0.25) is 14.4 Å². The van der Waals surface area contributed by atoms with E-state index >= 15 is 0 Å². The number of amides is 3. The van der Waals surface area contributed by atoms with Crippen LogP contribution < -0.4 is 19.7 Å². The fraction of sp³-hybridized carbons (Fsp3) is 0.0357. The van der Waals surface area contributed by atoms with Crippen LogP contribution in [0.4, 0.5) is 11.4 Å². The van der Waals surface area contributed by atoms with Crippen molar-refractivity contribution in [2.45, 2.75) is 0 Å². The standard InChI is InChI=1S/C28H19ClN2O5/c29-24-11-4-5-12-25(24)35-17-26(32)30-18-7-6-10-20(15-18)36-21-13-14-22-23(16-21)28(34)31(27(22)33)19-8-2-1-3-9-19/h1-16H,17H2,(H,30,32). The zero-order valence-electron chi connectivity index (χ0n) is 18.8. The number of ether oxygens (including phenoxy) is 2. The lowest BCUT2D eigenvalue weighted by Gasteiger charge is -2.13. The number of fused-ring (bicyclic) bond motifs is 1. The first kappa shape index (κ1) is 23.1. The summed E-state index contributed by atoms with van der Waals surface area (Å²) in [7, 11) is 0. The Morgan fingerprint density at radius 3 is 2.31 bits per heavy atom. The van der Waals surface area contributed by atoms with Gasteiger partial charge in [-0.15, -0.1) is 0 Å². The number of para-hydroxylation sites is 2. The Kier molecular flexibility index (Phi) is 6.38. The van der Waals surface area contributed by atoms with Gasteiger partial charge in [-0.1, -0.05) is 48.0 Å². The Bertz CT molecular complexity index is 1470. The normalized spacial score (nSPS) is 12.3. The van der Waals surface area contributed by atoms with Crippen LogP contribution in [0.25, 0.3) is 0 Å². The van der Waals surface area contributed by atoms with Gasteiger partial charge < -0.3 is 14.8 Å². The number of nitrogens with zero attached hydrogens (tertiary/aromatic N) is 1. The molecule has 0 atom stereocenters. The summed E-state index contributed by atoms with van der Waals surface area (Å²) in [4.78, 5) is 39.2. The molecule has 5 rings (SSSR count). The number of anilines is 2. The third-order valence-electron chi connectivity index (χ3n) is 5.42. The summed E-state index contributed by atoms with van der Waals surface area (Å²) in [5.74, 6) is 0.0889. The Labute approximate surface area is 211 Å². The maximum Gasteiger partial charge on any atom is 0.266 e. The van der Waals surface area contributed by atoms with E-state index in [1.807, 2.05) is 6.07 Å². The van der Waals surface area contributed by atoms with E-state index < -0.39 is 5.91 Å². The largest absolute Gasteiger partial charge is 0.482 e. The molecule has 3 amide bonds. The predicted molar refractivity (Wildman–Crippen MR) is 136 cm³/mol. The van der Waals surface area contributed by atoms with Crippen LogP contribution in [0.2, 0.25) is 5.02 Å². The summed E-state index contributed by atoms with van der Waals surface area (Å²) >= 11 is 6.04. The zero-order chi connectivity index (χ0) is 25.1. The highest BCUT2D eigenvalue weighted by molar-refractivity contribution is 6.34. The fourth-order valence-corrected chi connectivity index (χ4v) is 3.96. The van der Waals surface area contributed by atoms with E-state index in [4.69, 9.17) is 21.1 Å². The molecule has 0 saturated carbocycles. The summed E-state index contributed by atoms with van der Waals surface area (Å²) in [6.45, 7) is -0.215. The van der Waals surface area contributed by atoms with Gasteiger partial charge in [-0.25, -0.2) is 4.90 Å². The first-order chi connectivity index (χ1) is 17.5. The third-order valence-corrected chi connectivity index (χ3v) is 5.73. The maximum atomic E-state index is 13.0.